The van der Waals surface area contributed by atoms with Crippen molar-refractivity contribution in [3.63, 3.8) is 0 Å². The van der Waals surface area contributed by atoms with Crippen LogP contribution in [-0.4, -0.2) is 30.2 Å². The van der Waals surface area contributed by atoms with E-state index in [0.29, 0.717) is 0 Å². The van der Waals surface area contributed by atoms with E-state index in [0.717, 1.165) is 10.2 Å². The summed E-state index contributed by atoms with van der Waals surface area (Å²) in [7, 11) is 1.65. The Kier molecular flexibility index (Phi) is 5.12. The van der Waals surface area contributed by atoms with Crippen LogP contribution in [0.15, 0.2) is 28.7 Å². The van der Waals surface area contributed by atoms with Crippen molar-refractivity contribution in [1.82, 2.24) is 0 Å². The van der Waals surface area contributed by atoms with Gasteiger partial charge in [0.1, 0.15) is 5.75 Å². The van der Waals surface area contributed by atoms with Crippen LogP contribution in [0.3, 0.4) is 0 Å². The third-order valence-electron chi connectivity index (χ3n) is 1.03. The summed E-state index contributed by atoms with van der Waals surface area (Å²) in [6.07, 6.45) is 0. The number of ether oxygens (including phenoxy) is 1. The van der Waals surface area contributed by atoms with Gasteiger partial charge in [-0.25, -0.2) is 0 Å². The normalized spacial score (nSPS) is 8.20. The molecule has 0 fully saturated rings. The maximum absolute atomic E-state index is 4.96. The maximum atomic E-state index is 4.96. The summed E-state index contributed by atoms with van der Waals surface area (Å²) in [5.41, 5.74) is 0. The van der Waals surface area contributed by atoms with Crippen LogP contribution in [0.5, 0.6) is 5.75 Å². The van der Waals surface area contributed by atoms with Gasteiger partial charge < -0.3 is 7.59 Å². The van der Waals surface area contributed by atoms with Crippen LogP contribution >= 0.6 is 15.9 Å². The van der Waals surface area contributed by atoms with Gasteiger partial charge in [-0.05, 0) is 18.2 Å². The van der Waals surface area contributed by atoms with Crippen molar-refractivity contribution in [2.45, 2.75) is 0 Å². The molecule has 1 aromatic rings. The van der Waals surface area contributed by atoms with Gasteiger partial charge >= 0.3 is 23.1 Å². The fourth-order valence-corrected chi connectivity index (χ4v) is 0.972. The zero-order chi connectivity index (χ0) is 6.69. The van der Waals surface area contributed by atoms with E-state index in [1.807, 2.05) is 24.3 Å². The quantitative estimate of drug-likeness (QED) is 0.650. The first kappa shape index (κ1) is 10.3. The first-order valence-corrected chi connectivity index (χ1v) is 3.42. The molecule has 0 saturated carbocycles. The topological polar surface area (TPSA) is 9.23 Å². The molecule has 1 aromatic carbocycles. The van der Waals surface area contributed by atoms with E-state index in [1.54, 1.807) is 7.11 Å². The molecule has 0 N–H and O–H groups in total. The van der Waals surface area contributed by atoms with Crippen LogP contribution in [0.4, 0.5) is 0 Å². The van der Waals surface area contributed by atoms with E-state index >= 15 is 0 Å². The van der Waals surface area contributed by atoms with Gasteiger partial charge in [0.15, 0.2) is 0 Å². The molecule has 10 heavy (non-hydrogen) atoms. The van der Waals surface area contributed by atoms with Crippen molar-refractivity contribution in [3.8, 4) is 5.75 Å². The fourth-order valence-electron chi connectivity index (χ4n) is 0.594. The number of hydrogen-bond donors (Lipinski definition) is 0. The molecule has 0 aliphatic rings. The first-order valence-electron chi connectivity index (χ1n) is 2.62. The fraction of sp³-hybridized carbons (Fsp3) is 0.143. The minimum atomic E-state index is 0. The van der Waals surface area contributed by atoms with Crippen LogP contribution in [0.25, 0.3) is 0 Å². The molecule has 0 atom stereocenters. The predicted octanol–water partition coefficient (Wildman–Crippen LogP) is 2.30. The van der Waals surface area contributed by atoms with E-state index in [2.05, 4.69) is 15.9 Å². The summed E-state index contributed by atoms with van der Waals surface area (Å²) >= 11 is 3.32. The summed E-state index contributed by atoms with van der Waals surface area (Å²) in [6, 6.07) is 7.72. The Hall–Kier alpha value is 0.266. The van der Waals surface area contributed by atoms with E-state index in [1.165, 1.54) is 0 Å². The standard InChI is InChI=1S/C7H7BrO.Mg.2H/c1-9-7-4-2-3-6(8)5-7;;;/h2-5H,1H3;;;/q;+2;2*-1. The Morgan fingerprint density at radius 3 is 2.60 bits per heavy atom. The van der Waals surface area contributed by atoms with Crippen LogP contribution in [-0.2, 0) is 0 Å². The average molecular weight is 213 g/mol. The molecule has 0 heterocycles. The van der Waals surface area contributed by atoms with Gasteiger partial charge in [0.2, 0.25) is 0 Å². The first-order chi connectivity index (χ1) is 4.33. The van der Waals surface area contributed by atoms with E-state index < -0.39 is 0 Å². The summed E-state index contributed by atoms with van der Waals surface area (Å²) in [5.74, 6) is 0.879. The van der Waals surface area contributed by atoms with Crippen molar-refractivity contribution in [2.75, 3.05) is 7.11 Å². The van der Waals surface area contributed by atoms with Crippen molar-refractivity contribution in [2.24, 2.45) is 0 Å². The van der Waals surface area contributed by atoms with Gasteiger partial charge in [-0.3, -0.25) is 0 Å². The molecule has 0 unspecified atom stereocenters. The minimum Gasteiger partial charge on any atom is -1.00 e. The van der Waals surface area contributed by atoms with Gasteiger partial charge in [-0.1, -0.05) is 22.0 Å². The number of halogens is 1. The molecule has 0 amide bonds. The van der Waals surface area contributed by atoms with Crippen molar-refractivity contribution in [3.05, 3.63) is 28.7 Å². The monoisotopic (exact) mass is 212 g/mol. The summed E-state index contributed by atoms with van der Waals surface area (Å²) < 4.78 is 6.01. The molecule has 0 aliphatic heterocycles. The Morgan fingerprint density at radius 1 is 1.50 bits per heavy atom. The third kappa shape index (κ3) is 2.90. The van der Waals surface area contributed by atoms with Gasteiger partial charge in [0.25, 0.3) is 0 Å². The Labute approximate surface area is 88.0 Å². The SMILES string of the molecule is COc1cccc(Br)c1.[H-].[H-].[Mg+2]. The van der Waals surface area contributed by atoms with Gasteiger partial charge in [-0.2, -0.15) is 0 Å². The predicted molar refractivity (Wildman–Crippen MR) is 48.7 cm³/mol. The number of rotatable bonds is 1. The Balaban J connectivity index is -0.000000270. The van der Waals surface area contributed by atoms with Gasteiger partial charge in [0, 0.05) is 4.47 Å². The van der Waals surface area contributed by atoms with Crippen LogP contribution in [0, 0.1) is 0 Å². The molecular formula is C7H9BrMgO. The smallest absolute Gasteiger partial charge is 1.00 e. The number of methoxy groups -OCH3 is 1. The molecule has 1 rings (SSSR count). The van der Waals surface area contributed by atoms with Crippen molar-refractivity contribution < 1.29 is 7.59 Å². The van der Waals surface area contributed by atoms with Crippen LogP contribution in [0.1, 0.15) is 2.85 Å². The van der Waals surface area contributed by atoms with Gasteiger partial charge in [-0.15, -0.1) is 0 Å². The zero-order valence-electron chi connectivity index (χ0n) is 7.80. The molecule has 0 radical (unpaired) electrons. The summed E-state index contributed by atoms with van der Waals surface area (Å²) in [5, 5.41) is 0. The Bertz CT molecular complexity index is 210. The van der Waals surface area contributed by atoms with Crippen LogP contribution in [0.2, 0.25) is 0 Å². The Morgan fingerprint density at radius 2 is 2.20 bits per heavy atom. The van der Waals surface area contributed by atoms with Crippen LogP contribution < -0.4 is 4.74 Å². The van der Waals surface area contributed by atoms with Gasteiger partial charge in [0.05, 0.1) is 7.11 Å². The third-order valence-corrected chi connectivity index (χ3v) is 1.53. The van der Waals surface area contributed by atoms with E-state index in [4.69, 9.17) is 4.74 Å². The largest absolute Gasteiger partial charge is 2.00 e. The molecule has 0 aromatic heterocycles. The number of hydrogen-bond acceptors (Lipinski definition) is 1. The van der Waals surface area contributed by atoms with Crippen molar-refractivity contribution >= 4 is 39.0 Å². The van der Waals surface area contributed by atoms with Crippen molar-refractivity contribution in [1.29, 1.82) is 0 Å². The molecule has 3 heteroatoms. The molecule has 0 bridgehead atoms. The molecule has 1 nitrogen and oxygen atoms in total. The summed E-state index contributed by atoms with van der Waals surface area (Å²) in [6.45, 7) is 0. The second-order valence-corrected chi connectivity index (χ2v) is 2.58. The second kappa shape index (κ2) is 4.99. The van der Waals surface area contributed by atoms with E-state index in [9.17, 15) is 0 Å². The summed E-state index contributed by atoms with van der Waals surface area (Å²) in [4.78, 5) is 0. The molecule has 0 aliphatic carbocycles. The average Bonchev–Trinajstić information content (AvgIpc) is 1.88. The molecule has 52 valence electrons. The second-order valence-electron chi connectivity index (χ2n) is 1.66. The zero-order valence-corrected chi connectivity index (χ0v) is 8.80. The molecule has 0 spiro atoms. The maximum Gasteiger partial charge on any atom is 2.00 e. The molecular weight excluding hydrogens is 204 g/mol. The molecule has 0 saturated heterocycles. The number of benzene rings is 1. The minimum absolute atomic E-state index is 0. The van der Waals surface area contributed by atoms with E-state index in [-0.39, 0.29) is 25.9 Å².